The van der Waals surface area contributed by atoms with Crippen LogP contribution in [0.25, 0.3) is 6.08 Å². The SMILES string of the molecule is COc1cc(/C=C2/N=C(c3ccc(F)cc3)OC2=O)cc(Cl)c1OCc1ccccc1Br. The molecule has 0 aromatic heterocycles. The predicted octanol–water partition coefficient (Wildman–Crippen LogP) is 6.17. The number of carbonyl (C=O) groups is 1. The molecule has 162 valence electrons. The fourth-order valence-electron chi connectivity index (χ4n) is 3.01. The second-order valence-electron chi connectivity index (χ2n) is 6.76. The second-order valence-corrected chi connectivity index (χ2v) is 8.02. The third kappa shape index (κ3) is 4.84. The van der Waals surface area contributed by atoms with Gasteiger partial charge in [0, 0.05) is 15.6 Å². The zero-order chi connectivity index (χ0) is 22.7. The molecule has 0 atom stereocenters. The van der Waals surface area contributed by atoms with Crippen LogP contribution in [0.2, 0.25) is 5.02 Å². The fourth-order valence-corrected chi connectivity index (χ4v) is 3.68. The molecule has 0 saturated carbocycles. The molecule has 0 unspecified atom stereocenters. The Labute approximate surface area is 197 Å². The molecule has 0 radical (unpaired) electrons. The van der Waals surface area contributed by atoms with Gasteiger partial charge in [-0.2, -0.15) is 0 Å². The highest BCUT2D eigenvalue weighted by Crippen LogP contribution is 2.38. The summed E-state index contributed by atoms with van der Waals surface area (Å²) in [6.45, 7) is 0.287. The lowest BCUT2D eigenvalue weighted by atomic mass is 10.1. The van der Waals surface area contributed by atoms with Crippen molar-refractivity contribution in [3.05, 3.63) is 98.4 Å². The monoisotopic (exact) mass is 515 g/mol. The lowest BCUT2D eigenvalue weighted by molar-refractivity contribution is -0.129. The molecule has 8 heteroatoms. The Morgan fingerprint density at radius 2 is 1.91 bits per heavy atom. The molecule has 1 heterocycles. The number of aliphatic imine (C=N–C) groups is 1. The number of hydrogen-bond donors (Lipinski definition) is 0. The van der Waals surface area contributed by atoms with Crippen LogP contribution in [0.5, 0.6) is 11.5 Å². The van der Waals surface area contributed by atoms with E-state index in [1.165, 1.54) is 37.5 Å². The highest BCUT2D eigenvalue weighted by Gasteiger charge is 2.24. The van der Waals surface area contributed by atoms with Crippen molar-refractivity contribution in [3.63, 3.8) is 0 Å². The van der Waals surface area contributed by atoms with Crippen molar-refractivity contribution in [1.29, 1.82) is 0 Å². The maximum absolute atomic E-state index is 13.1. The summed E-state index contributed by atoms with van der Waals surface area (Å²) < 4.78 is 30.6. The maximum atomic E-state index is 13.1. The summed E-state index contributed by atoms with van der Waals surface area (Å²) in [5.41, 5.74) is 2.11. The smallest absolute Gasteiger partial charge is 0.363 e. The standard InChI is InChI=1S/C24H16BrClFNO4/c1-30-21-12-14(10-19(26)22(21)31-13-16-4-2-3-5-18(16)25)11-20-24(29)32-23(28-20)15-6-8-17(27)9-7-15/h2-12H,13H2,1H3/b20-11+. The number of esters is 1. The quantitative estimate of drug-likeness (QED) is 0.290. The molecule has 5 nitrogen and oxygen atoms in total. The van der Waals surface area contributed by atoms with Crippen LogP contribution < -0.4 is 9.47 Å². The van der Waals surface area contributed by atoms with Crippen molar-refractivity contribution in [3.8, 4) is 11.5 Å². The van der Waals surface area contributed by atoms with E-state index in [4.69, 9.17) is 25.8 Å². The van der Waals surface area contributed by atoms with Gasteiger partial charge in [0.2, 0.25) is 5.90 Å². The van der Waals surface area contributed by atoms with E-state index in [1.807, 2.05) is 24.3 Å². The minimum absolute atomic E-state index is 0.0873. The number of methoxy groups -OCH3 is 1. The number of hydrogen-bond acceptors (Lipinski definition) is 5. The molecule has 0 N–H and O–H groups in total. The highest BCUT2D eigenvalue weighted by atomic mass is 79.9. The van der Waals surface area contributed by atoms with Crippen molar-refractivity contribution < 1.29 is 23.4 Å². The van der Waals surface area contributed by atoms with E-state index in [2.05, 4.69) is 20.9 Å². The van der Waals surface area contributed by atoms with Crippen LogP contribution in [0.1, 0.15) is 16.7 Å². The first-order valence-electron chi connectivity index (χ1n) is 9.47. The third-order valence-electron chi connectivity index (χ3n) is 4.60. The van der Waals surface area contributed by atoms with Gasteiger partial charge in [-0.25, -0.2) is 14.2 Å². The van der Waals surface area contributed by atoms with Gasteiger partial charge in [0.15, 0.2) is 17.2 Å². The normalized spacial score (nSPS) is 14.3. The van der Waals surface area contributed by atoms with Crippen LogP contribution in [0.15, 0.2) is 75.8 Å². The molecule has 0 aliphatic carbocycles. The molecule has 0 bridgehead atoms. The third-order valence-corrected chi connectivity index (χ3v) is 5.65. The summed E-state index contributed by atoms with van der Waals surface area (Å²) >= 11 is 9.94. The molecule has 1 aliphatic heterocycles. The van der Waals surface area contributed by atoms with E-state index >= 15 is 0 Å². The zero-order valence-electron chi connectivity index (χ0n) is 16.8. The Bertz CT molecular complexity index is 1240. The predicted molar refractivity (Wildman–Crippen MR) is 123 cm³/mol. The first kappa shape index (κ1) is 22.0. The fraction of sp³-hybridized carbons (Fsp3) is 0.0833. The van der Waals surface area contributed by atoms with E-state index in [1.54, 1.807) is 12.1 Å². The maximum Gasteiger partial charge on any atom is 0.363 e. The van der Waals surface area contributed by atoms with E-state index < -0.39 is 11.8 Å². The molecule has 0 saturated heterocycles. The van der Waals surface area contributed by atoms with Crippen LogP contribution in [0.4, 0.5) is 4.39 Å². The highest BCUT2D eigenvalue weighted by molar-refractivity contribution is 9.10. The molecular formula is C24H16BrClFNO4. The minimum Gasteiger partial charge on any atom is -0.493 e. The van der Waals surface area contributed by atoms with Gasteiger partial charge < -0.3 is 14.2 Å². The van der Waals surface area contributed by atoms with E-state index in [-0.39, 0.29) is 18.2 Å². The number of rotatable bonds is 6. The van der Waals surface area contributed by atoms with Crippen molar-refractivity contribution in [1.82, 2.24) is 0 Å². The van der Waals surface area contributed by atoms with Crippen LogP contribution in [0, 0.1) is 5.82 Å². The largest absolute Gasteiger partial charge is 0.493 e. The summed E-state index contributed by atoms with van der Waals surface area (Å²) in [6.07, 6.45) is 1.53. The van der Waals surface area contributed by atoms with Gasteiger partial charge in [-0.3, -0.25) is 0 Å². The summed E-state index contributed by atoms with van der Waals surface area (Å²) in [7, 11) is 1.50. The number of carbonyl (C=O) groups excluding carboxylic acids is 1. The van der Waals surface area contributed by atoms with Crippen molar-refractivity contribution in [2.45, 2.75) is 6.61 Å². The minimum atomic E-state index is -0.617. The van der Waals surface area contributed by atoms with E-state index in [0.717, 1.165) is 10.0 Å². The first-order chi connectivity index (χ1) is 15.4. The second kappa shape index (κ2) is 9.54. The van der Waals surface area contributed by atoms with E-state index in [9.17, 15) is 9.18 Å². The Morgan fingerprint density at radius 1 is 1.16 bits per heavy atom. The molecule has 3 aromatic carbocycles. The molecule has 0 amide bonds. The number of nitrogens with zero attached hydrogens (tertiary/aromatic N) is 1. The molecule has 3 aromatic rings. The topological polar surface area (TPSA) is 57.1 Å². The zero-order valence-corrected chi connectivity index (χ0v) is 19.1. The van der Waals surface area contributed by atoms with E-state index in [0.29, 0.717) is 27.6 Å². The Balaban J connectivity index is 1.59. The number of cyclic esters (lactones) is 1. The van der Waals surface area contributed by atoms with Crippen LogP contribution >= 0.6 is 27.5 Å². The number of halogens is 3. The molecule has 0 fully saturated rings. The Kier molecular flexibility index (Phi) is 6.58. The van der Waals surface area contributed by atoms with Gasteiger partial charge in [0.25, 0.3) is 0 Å². The first-order valence-corrected chi connectivity index (χ1v) is 10.6. The van der Waals surface area contributed by atoms with Crippen LogP contribution in [-0.2, 0) is 16.1 Å². The number of ether oxygens (including phenoxy) is 3. The lowest BCUT2D eigenvalue weighted by Crippen LogP contribution is -2.05. The van der Waals surface area contributed by atoms with Crippen LogP contribution in [0.3, 0.4) is 0 Å². The van der Waals surface area contributed by atoms with Gasteiger partial charge in [0.1, 0.15) is 12.4 Å². The van der Waals surface area contributed by atoms with Crippen molar-refractivity contribution in [2.75, 3.05) is 7.11 Å². The average Bonchev–Trinajstić information content (AvgIpc) is 3.14. The van der Waals surface area contributed by atoms with Crippen molar-refractivity contribution >= 4 is 45.5 Å². The Morgan fingerprint density at radius 3 is 2.62 bits per heavy atom. The number of benzene rings is 3. The van der Waals surface area contributed by atoms with Gasteiger partial charge in [-0.15, -0.1) is 0 Å². The molecule has 0 spiro atoms. The van der Waals surface area contributed by atoms with Gasteiger partial charge in [-0.05, 0) is 54.1 Å². The molecule has 1 aliphatic rings. The lowest BCUT2D eigenvalue weighted by Gasteiger charge is -2.14. The molecule has 4 rings (SSSR count). The van der Waals surface area contributed by atoms with Gasteiger partial charge in [0.05, 0.1) is 12.1 Å². The molecular weight excluding hydrogens is 501 g/mol. The Hall–Kier alpha value is -3.16. The van der Waals surface area contributed by atoms with Gasteiger partial charge >= 0.3 is 5.97 Å². The van der Waals surface area contributed by atoms with Gasteiger partial charge in [-0.1, -0.05) is 45.7 Å². The van der Waals surface area contributed by atoms with Crippen LogP contribution in [-0.4, -0.2) is 19.0 Å². The summed E-state index contributed by atoms with van der Waals surface area (Å²) in [5.74, 6) is -0.110. The summed E-state index contributed by atoms with van der Waals surface area (Å²) in [6, 6.07) is 16.5. The molecule has 32 heavy (non-hydrogen) atoms. The van der Waals surface area contributed by atoms with Crippen molar-refractivity contribution in [2.24, 2.45) is 4.99 Å². The average molecular weight is 517 g/mol. The summed E-state index contributed by atoms with van der Waals surface area (Å²) in [5, 5.41) is 0.317. The summed E-state index contributed by atoms with van der Waals surface area (Å²) in [4.78, 5) is 16.5.